The normalized spacial score (nSPS) is 12.3. The second kappa shape index (κ2) is 7.88. The van der Waals surface area contributed by atoms with Crippen LogP contribution in [0.4, 0.5) is 0 Å². The molecule has 0 saturated heterocycles. The largest absolute Gasteiger partial charge is 0.394 e. The van der Waals surface area contributed by atoms with Gasteiger partial charge in [-0.1, -0.05) is 0 Å². The summed E-state index contributed by atoms with van der Waals surface area (Å²) in [6.07, 6.45) is -0.560. The van der Waals surface area contributed by atoms with Crippen molar-refractivity contribution in [1.29, 1.82) is 0 Å². The van der Waals surface area contributed by atoms with Gasteiger partial charge in [0.2, 0.25) is 0 Å². The lowest BCUT2D eigenvalue weighted by Crippen LogP contribution is -2.03. The van der Waals surface area contributed by atoms with Crippen LogP contribution < -0.4 is 0 Å². The second-order valence-corrected chi connectivity index (χ2v) is 2.37. The van der Waals surface area contributed by atoms with Crippen molar-refractivity contribution < 1.29 is 10.2 Å². The molecule has 0 aliphatic carbocycles. The number of aliphatic hydroxyl groups excluding tert-OH is 2. The zero-order valence-corrected chi connectivity index (χ0v) is 6.63. The average Bonchev–Trinajstić information content (AvgIpc) is 1.65. The van der Waals surface area contributed by atoms with Crippen molar-refractivity contribution in [3.8, 4) is 0 Å². The minimum Gasteiger partial charge on any atom is -0.394 e. The summed E-state index contributed by atoms with van der Waals surface area (Å²) in [5.74, 6) is 0. The summed E-state index contributed by atoms with van der Waals surface area (Å²) in [6.45, 7) is 1.39. The Balaban J connectivity index is 0. The van der Waals surface area contributed by atoms with Gasteiger partial charge < -0.3 is 15.1 Å². The third kappa shape index (κ3) is 77.1. The van der Waals surface area contributed by atoms with E-state index in [4.69, 9.17) is 10.2 Å². The Kier molecular flexibility index (Phi) is 10.2. The van der Waals surface area contributed by atoms with Crippen molar-refractivity contribution in [2.75, 3.05) is 27.7 Å². The van der Waals surface area contributed by atoms with E-state index >= 15 is 0 Å². The van der Waals surface area contributed by atoms with Crippen LogP contribution in [0.1, 0.15) is 6.92 Å². The topological polar surface area (TPSA) is 43.7 Å². The summed E-state index contributed by atoms with van der Waals surface area (Å²) in [4.78, 5) is 2.00. The Morgan fingerprint density at radius 3 is 1.44 bits per heavy atom. The van der Waals surface area contributed by atoms with Crippen LogP contribution in [0.2, 0.25) is 0 Å². The molecule has 0 heterocycles. The van der Waals surface area contributed by atoms with Gasteiger partial charge in [0, 0.05) is 0 Å². The quantitative estimate of drug-likeness (QED) is 0.511. The Morgan fingerprint density at radius 2 is 1.44 bits per heavy atom. The predicted octanol–water partition coefficient (Wildman–Crippen LogP) is -0.463. The van der Waals surface area contributed by atoms with Crippen molar-refractivity contribution >= 4 is 0 Å². The average molecular weight is 135 g/mol. The number of hydrogen-bond donors (Lipinski definition) is 2. The highest BCUT2D eigenvalue weighted by molar-refractivity contribution is 4.34. The van der Waals surface area contributed by atoms with Crippen molar-refractivity contribution in [3.63, 3.8) is 0 Å². The van der Waals surface area contributed by atoms with E-state index in [9.17, 15) is 0 Å². The van der Waals surface area contributed by atoms with Gasteiger partial charge in [-0.3, -0.25) is 0 Å². The molecular formula is C6H17NO2. The van der Waals surface area contributed by atoms with Gasteiger partial charge in [0.1, 0.15) is 0 Å². The van der Waals surface area contributed by atoms with Crippen LogP contribution in [-0.2, 0) is 0 Å². The molecule has 0 rings (SSSR count). The van der Waals surface area contributed by atoms with E-state index in [1.54, 1.807) is 0 Å². The second-order valence-electron chi connectivity index (χ2n) is 2.37. The molecule has 0 bridgehead atoms. The van der Waals surface area contributed by atoms with E-state index in [2.05, 4.69) is 0 Å². The van der Waals surface area contributed by atoms with Crippen molar-refractivity contribution in [3.05, 3.63) is 0 Å². The van der Waals surface area contributed by atoms with Crippen LogP contribution in [0.25, 0.3) is 0 Å². The maximum atomic E-state index is 8.11. The van der Waals surface area contributed by atoms with Crippen LogP contribution in [-0.4, -0.2) is 49.0 Å². The first-order chi connectivity index (χ1) is 4.00. The number of rotatable bonds is 1. The first-order valence-electron chi connectivity index (χ1n) is 2.90. The summed E-state index contributed by atoms with van der Waals surface area (Å²) in [5.41, 5.74) is 0. The van der Waals surface area contributed by atoms with E-state index < -0.39 is 6.10 Å². The maximum absolute atomic E-state index is 8.11. The number of nitrogens with zero attached hydrogens (tertiary/aromatic N) is 1. The molecule has 0 aliphatic rings. The predicted molar refractivity (Wildman–Crippen MR) is 38.4 cm³/mol. The molecule has 1 unspecified atom stereocenters. The van der Waals surface area contributed by atoms with Crippen LogP contribution in [0, 0.1) is 0 Å². The molecule has 9 heavy (non-hydrogen) atoms. The first kappa shape index (κ1) is 11.6. The van der Waals surface area contributed by atoms with Gasteiger partial charge in [-0.05, 0) is 28.1 Å². The number of hydrogen-bond acceptors (Lipinski definition) is 3. The lowest BCUT2D eigenvalue weighted by atomic mass is 10.5. The lowest BCUT2D eigenvalue weighted by Gasteiger charge is -1.90. The third-order valence-corrected chi connectivity index (χ3v) is 0.264. The smallest absolute Gasteiger partial charge is 0.0742 e. The standard InChI is InChI=1S/C3H9N.C3H8O2/c1-4(2)3;1-3(5)2-4/h1-3H3;3-5H,2H2,1H3. The zero-order chi connectivity index (χ0) is 7.86. The molecule has 0 aromatic rings. The fourth-order valence-corrected chi connectivity index (χ4v) is 0. The molecule has 0 aromatic heterocycles. The van der Waals surface area contributed by atoms with Crippen LogP contribution in [0.5, 0.6) is 0 Å². The van der Waals surface area contributed by atoms with E-state index in [0.29, 0.717) is 0 Å². The van der Waals surface area contributed by atoms with E-state index in [0.717, 1.165) is 0 Å². The molecule has 0 aliphatic heterocycles. The van der Waals surface area contributed by atoms with Crippen molar-refractivity contribution in [2.45, 2.75) is 13.0 Å². The summed E-state index contributed by atoms with van der Waals surface area (Å²) in [7, 11) is 6.00. The van der Waals surface area contributed by atoms with Crippen molar-refractivity contribution in [1.82, 2.24) is 4.90 Å². The molecule has 3 heteroatoms. The van der Waals surface area contributed by atoms with Gasteiger partial charge in [0.25, 0.3) is 0 Å². The SMILES string of the molecule is CC(O)CO.CN(C)C. The Hall–Kier alpha value is -0.120. The molecular weight excluding hydrogens is 118 g/mol. The highest BCUT2D eigenvalue weighted by atomic mass is 16.3. The first-order valence-corrected chi connectivity index (χ1v) is 2.90. The van der Waals surface area contributed by atoms with Crippen LogP contribution in [0.3, 0.4) is 0 Å². The number of aliphatic hydroxyl groups is 2. The van der Waals surface area contributed by atoms with Gasteiger partial charge in [0.15, 0.2) is 0 Å². The summed E-state index contributed by atoms with van der Waals surface area (Å²) >= 11 is 0. The molecule has 58 valence electrons. The molecule has 2 N–H and O–H groups in total. The highest BCUT2D eigenvalue weighted by Gasteiger charge is 1.83. The van der Waals surface area contributed by atoms with E-state index in [1.807, 2.05) is 26.0 Å². The zero-order valence-electron chi connectivity index (χ0n) is 6.63. The third-order valence-electron chi connectivity index (χ3n) is 0.264. The fraction of sp³-hybridized carbons (Fsp3) is 1.00. The molecule has 3 nitrogen and oxygen atoms in total. The monoisotopic (exact) mass is 135 g/mol. The molecule has 0 spiro atoms. The van der Waals surface area contributed by atoms with Gasteiger partial charge >= 0.3 is 0 Å². The summed E-state index contributed by atoms with van der Waals surface area (Å²) in [6, 6.07) is 0. The van der Waals surface area contributed by atoms with Gasteiger partial charge in [0.05, 0.1) is 12.7 Å². The minimum atomic E-state index is -0.560. The summed E-state index contributed by atoms with van der Waals surface area (Å²) < 4.78 is 0. The molecule has 0 saturated carbocycles. The van der Waals surface area contributed by atoms with Gasteiger partial charge in [-0.15, -0.1) is 0 Å². The fourth-order valence-electron chi connectivity index (χ4n) is 0. The Labute approximate surface area is 56.9 Å². The molecule has 1 atom stereocenters. The minimum absolute atomic E-state index is 0.139. The van der Waals surface area contributed by atoms with Crippen molar-refractivity contribution in [2.24, 2.45) is 0 Å². The molecule has 0 radical (unpaired) electrons. The molecule has 0 fully saturated rings. The lowest BCUT2D eigenvalue weighted by molar-refractivity contribution is 0.110. The van der Waals surface area contributed by atoms with Gasteiger partial charge in [-0.2, -0.15) is 0 Å². The van der Waals surface area contributed by atoms with Gasteiger partial charge in [-0.25, -0.2) is 0 Å². The maximum Gasteiger partial charge on any atom is 0.0742 e. The molecule has 0 amide bonds. The Morgan fingerprint density at radius 1 is 1.33 bits per heavy atom. The molecule has 0 aromatic carbocycles. The highest BCUT2D eigenvalue weighted by Crippen LogP contribution is 1.68. The summed E-state index contributed by atoms with van der Waals surface area (Å²) in [5, 5.41) is 16.0. The van der Waals surface area contributed by atoms with E-state index in [1.165, 1.54) is 6.92 Å². The van der Waals surface area contributed by atoms with E-state index in [-0.39, 0.29) is 6.61 Å². The van der Waals surface area contributed by atoms with Crippen LogP contribution in [0.15, 0.2) is 0 Å². The Bertz CT molecular complexity index is 43.6. The van der Waals surface area contributed by atoms with Crippen LogP contribution >= 0.6 is 0 Å².